The average molecular weight is 192 g/mol. The van der Waals surface area contributed by atoms with Gasteiger partial charge in [-0.1, -0.05) is 5.43 Å². The molecule has 13 heavy (non-hydrogen) atoms. The first-order chi connectivity index (χ1) is 5.91. The number of hydrogen-bond acceptors (Lipinski definition) is 6. The molecule has 0 saturated carbocycles. The zero-order valence-electron chi connectivity index (χ0n) is 6.97. The summed E-state index contributed by atoms with van der Waals surface area (Å²) in [7, 11) is 0. The highest BCUT2D eigenvalue weighted by Gasteiger charge is 2.19. The molecule has 8 nitrogen and oxygen atoms in total. The van der Waals surface area contributed by atoms with E-state index in [0.29, 0.717) is 0 Å². The van der Waals surface area contributed by atoms with E-state index in [2.05, 4.69) is 9.47 Å². The molecule has 0 atom stereocenters. The summed E-state index contributed by atoms with van der Waals surface area (Å²) in [5, 5.41) is 8.90. The van der Waals surface area contributed by atoms with Gasteiger partial charge >= 0.3 is 18.4 Å². The molecule has 1 N–H and O–H groups in total. The molecule has 0 aliphatic heterocycles. The third-order valence-corrected chi connectivity index (χ3v) is 0.757. The molecule has 0 heterocycles. The van der Waals surface area contributed by atoms with Crippen molar-refractivity contribution in [2.45, 2.75) is 20.3 Å². The summed E-state index contributed by atoms with van der Waals surface area (Å²) in [5.41, 5.74) is 1.48. The fraction of sp³-hybridized carbons (Fsp3) is 0.600. The van der Waals surface area contributed by atoms with Gasteiger partial charge in [0.05, 0.1) is 0 Å². The molecule has 0 aromatic heterocycles. The van der Waals surface area contributed by atoms with Gasteiger partial charge in [0.15, 0.2) is 5.03 Å². The zero-order chi connectivity index (χ0) is 10.4. The quantitative estimate of drug-likeness (QED) is 0.268. The predicted octanol–water partition coefficient (Wildman–Crippen LogP) is -0.823. The van der Waals surface area contributed by atoms with Crippen LogP contribution < -0.4 is 5.43 Å². The van der Waals surface area contributed by atoms with E-state index in [0.717, 1.165) is 13.8 Å². The smallest absolute Gasteiger partial charge is 0.380 e. The fourth-order valence-corrected chi connectivity index (χ4v) is 0.464. The van der Waals surface area contributed by atoms with Crippen molar-refractivity contribution in [2.24, 2.45) is 0 Å². The molecule has 0 spiro atoms. The fourth-order valence-electron chi connectivity index (χ4n) is 0.464. The molecular weight excluding hydrogens is 184 g/mol. The number of carbonyl (C=O) groups excluding carboxylic acids is 2. The van der Waals surface area contributed by atoms with Gasteiger partial charge in [0.1, 0.15) is 0 Å². The number of nitro groups is 1. The summed E-state index contributed by atoms with van der Waals surface area (Å²) in [5.74, 6) is -1.61. The van der Waals surface area contributed by atoms with Crippen LogP contribution in [0, 0.1) is 10.1 Å². The van der Waals surface area contributed by atoms with Crippen LogP contribution in [0.4, 0.5) is 0 Å². The van der Waals surface area contributed by atoms with Crippen LogP contribution in [-0.4, -0.2) is 23.4 Å². The lowest BCUT2D eigenvalue weighted by atomic mass is 10.8. The summed E-state index contributed by atoms with van der Waals surface area (Å²) in [6, 6.07) is 0. The Hall–Kier alpha value is -1.86. The van der Waals surface area contributed by atoms with E-state index in [-0.39, 0.29) is 0 Å². The second-order valence-corrected chi connectivity index (χ2v) is 1.94. The molecule has 0 aromatic carbocycles. The Morgan fingerprint density at radius 1 is 1.31 bits per heavy atom. The van der Waals surface area contributed by atoms with Gasteiger partial charge in [0.2, 0.25) is 0 Å². The van der Waals surface area contributed by atoms with Gasteiger partial charge in [0.25, 0.3) is 0 Å². The van der Waals surface area contributed by atoms with E-state index < -0.39 is 23.4 Å². The summed E-state index contributed by atoms with van der Waals surface area (Å²) in [6.07, 6.45) is -1.69. The van der Waals surface area contributed by atoms with E-state index in [1.54, 1.807) is 0 Å². The van der Waals surface area contributed by atoms with Crippen LogP contribution in [-0.2, 0) is 19.1 Å². The highest BCUT2D eigenvalue weighted by atomic mass is 16.8. The number of carbonyl (C=O) groups is 2. The van der Waals surface area contributed by atoms with Crippen molar-refractivity contribution >= 4 is 11.9 Å². The van der Waals surface area contributed by atoms with Crippen molar-refractivity contribution in [2.75, 3.05) is 0 Å². The maximum Gasteiger partial charge on any atom is 0.380 e. The molecule has 0 rings (SSSR count). The molecule has 0 aliphatic carbocycles. The highest BCUT2D eigenvalue weighted by molar-refractivity contribution is 5.68. The van der Waals surface area contributed by atoms with Crippen molar-refractivity contribution in [3.05, 3.63) is 10.1 Å². The lowest BCUT2D eigenvalue weighted by molar-refractivity contribution is -0.571. The molecular formula is C5H8N2O6. The number of nitrogens with one attached hydrogen (secondary N) is 1. The molecule has 74 valence electrons. The number of ether oxygens (including phenoxy) is 2. The second-order valence-electron chi connectivity index (χ2n) is 1.94. The van der Waals surface area contributed by atoms with Crippen molar-refractivity contribution in [1.82, 2.24) is 5.43 Å². The van der Waals surface area contributed by atoms with Gasteiger partial charge in [0, 0.05) is 13.8 Å². The van der Waals surface area contributed by atoms with Gasteiger partial charge < -0.3 is 9.47 Å². The van der Waals surface area contributed by atoms with Gasteiger partial charge in [-0.3, -0.25) is 9.59 Å². The summed E-state index contributed by atoms with van der Waals surface area (Å²) in [6.45, 7) is 2.05. The molecule has 0 aliphatic rings. The Balaban J connectivity index is 4.10. The van der Waals surface area contributed by atoms with E-state index in [4.69, 9.17) is 0 Å². The van der Waals surface area contributed by atoms with Crippen molar-refractivity contribution in [1.29, 1.82) is 0 Å². The van der Waals surface area contributed by atoms with Crippen molar-refractivity contribution in [3.8, 4) is 0 Å². The molecule has 8 heteroatoms. The lowest BCUT2D eigenvalue weighted by Gasteiger charge is -2.12. The average Bonchev–Trinajstić information content (AvgIpc) is 1.80. The summed E-state index contributed by atoms with van der Waals surface area (Å²) in [4.78, 5) is 30.6. The largest absolute Gasteiger partial charge is 0.403 e. The third kappa shape index (κ3) is 6.53. The molecule has 0 unspecified atom stereocenters. The zero-order valence-corrected chi connectivity index (χ0v) is 6.97. The van der Waals surface area contributed by atoms with Gasteiger partial charge in [-0.25, -0.2) is 10.1 Å². The van der Waals surface area contributed by atoms with Crippen LogP contribution in [0.3, 0.4) is 0 Å². The summed E-state index contributed by atoms with van der Waals surface area (Å²) < 4.78 is 8.47. The van der Waals surface area contributed by atoms with Crippen LogP contribution in [0.25, 0.3) is 0 Å². The Morgan fingerprint density at radius 3 is 1.92 bits per heavy atom. The first kappa shape index (κ1) is 11.1. The minimum Gasteiger partial charge on any atom is -0.403 e. The Labute approximate surface area is 72.9 Å². The molecule has 0 radical (unpaired) electrons. The van der Waals surface area contributed by atoms with E-state index in [1.807, 2.05) is 0 Å². The molecule has 0 amide bonds. The molecule has 0 bridgehead atoms. The number of hydrazine groups is 1. The third-order valence-electron chi connectivity index (χ3n) is 0.757. The SMILES string of the molecule is CC(=O)OC(N[N+](=O)[O-])OC(C)=O. The van der Waals surface area contributed by atoms with Crippen molar-refractivity contribution in [3.63, 3.8) is 0 Å². The monoisotopic (exact) mass is 192 g/mol. The Bertz CT molecular complexity index is 189. The topological polar surface area (TPSA) is 108 Å². The standard InChI is InChI=1S/C5H8N2O6/c1-3(8)12-5(6-7(10)11)13-4(2)9/h5-6H,1-2H3. The molecule has 0 saturated heterocycles. The number of hydrogen-bond donors (Lipinski definition) is 1. The van der Waals surface area contributed by atoms with Crippen LogP contribution >= 0.6 is 0 Å². The first-order valence-corrected chi connectivity index (χ1v) is 3.17. The number of esters is 2. The molecule has 0 aromatic rings. The van der Waals surface area contributed by atoms with Crippen LogP contribution in [0.15, 0.2) is 0 Å². The second kappa shape index (κ2) is 4.91. The van der Waals surface area contributed by atoms with Crippen molar-refractivity contribution < 1.29 is 24.1 Å². The maximum atomic E-state index is 10.3. The van der Waals surface area contributed by atoms with E-state index in [1.165, 1.54) is 5.43 Å². The maximum absolute atomic E-state index is 10.3. The van der Waals surface area contributed by atoms with Crippen LogP contribution in [0.2, 0.25) is 0 Å². The minimum atomic E-state index is -1.69. The van der Waals surface area contributed by atoms with Gasteiger partial charge in [-0.15, -0.1) is 0 Å². The number of nitrogens with zero attached hydrogens (tertiary/aromatic N) is 1. The number of rotatable bonds is 4. The van der Waals surface area contributed by atoms with Crippen LogP contribution in [0.1, 0.15) is 13.8 Å². The predicted molar refractivity (Wildman–Crippen MR) is 37.5 cm³/mol. The lowest BCUT2D eigenvalue weighted by Crippen LogP contribution is -2.40. The Kier molecular flexibility index (Phi) is 4.20. The highest BCUT2D eigenvalue weighted by Crippen LogP contribution is 1.92. The van der Waals surface area contributed by atoms with E-state index in [9.17, 15) is 19.7 Å². The van der Waals surface area contributed by atoms with Gasteiger partial charge in [-0.2, -0.15) is 0 Å². The first-order valence-electron chi connectivity index (χ1n) is 3.17. The Morgan fingerprint density at radius 2 is 1.69 bits per heavy atom. The normalized spacial score (nSPS) is 9.15. The minimum absolute atomic E-state index is 0.805. The van der Waals surface area contributed by atoms with E-state index >= 15 is 0 Å². The molecule has 0 fully saturated rings. The van der Waals surface area contributed by atoms with Gasteiger partial charge in [-0.05, 0) is 0 Å². The van der Waals surface area contributed by atoms with Crippen LogP contribution in [0.5, 0.6) is 0 Å². The summed E-state index contributed by atoms with van der Waals surface area (Å²) >= 11 is 0.